The van der Waals surface area contributed by atoms with Gasteiger partial charge in [-0.15, -0.1) is 0 Å². The van der Waals surface area contributed by atoms with Gasteiger partial charge in [-0.2, -0.15) is 0 Å². The first-order chi connectivity index (χ1) is 10.1. The maximum Gasteiger partial charge on any atom is 0.125 e. The molecular formula is C17H23FN2O. The Hall–Kier alpha value is -1.81. The smallest absolute Gasteiger partial charge is 0.125 e. The first-order valence-corrected chi connectivity index (χ1v) is 7.43. The number of anilines is 1. The van der Waals surface area contributed by atoms with Gasteiger partial charge in [0, 0.05) is 12.2 Å². The summed E-state index contributed by atoms with van der Waals surface area (Å²) >= 11 is 0. The molecule has 0 atom stereocenters. The molecule has 0 saturated heterocycles. The zero-order valence-corrected chi connectivity index (χ0v) is 12.9. The summed E-state index contributed by atoms with van der Waals surface area (Å²) in [5.41, 5.74) is 2.03. The molecular weight excluding hydrogens is 267 g/mol. The van der Waals surface area contributed by atoms with E-state index in [1.54, 1.807) is 12.1 Å². The average Bonchev–Trinajstić information content (AvgIpc) is 2.82. The number of furan rings is 1. The van der Waals surface area contributed by atoms with Gasteiger partial charge >= 0.3 is 0 Å². The van der Waals surface area contributed by atoms with Crippen molar-refractivity contribution in [3.8, 4) is 0 Å². The Kier molecular flexibility index (Phi) is 5.39. The lowest BCUT2D eigenvalue weighted by molar-refractivity contribution is 0.444. The molecule has 0 aliphatic carbocycles. The number of hydrogen-bond donors (Lipinski definition) is 1. The van der Waals surface area contributed by atoms with Crippen LogP contribution in [-0.4, -0.2) is 13.1 Å². The van der Waals surface area contributed by atoms with E-state index < -0.39 is 0 Å². The van der Waals surface area contributed by atoms with Gasteiger partial charge in [-0.05, 0) is 50.2 Å². The second kappa shape index (κ2) is 7.27. The minimum Gasteiger partial charge on any atom is -0.463 e. The minimum absolute atomic E-state index is 0.214. The number of hydrogen-bond acceptors (Lipinski definition) is 3. The van der Waals surface area contributed by atoms with Crippen molar-refractivity contribution in [2.75, 3.05) is 18.0 Å². The Morgan fingerprint density at radius 2 is 2.05 bits per heavy atom. The van der Waals surface area contributed by atoms with Crippen LogP contribution in [0.4, 0.5) is 10.1 Å². The van der Waals surface area contributed by atoms with Crippen LogP contribution in [0.2, 0.25) is 0 Å². The summed E-state index contributed by atoms with van der Waals surface area (Å²) in [5.74, 6) is 1.67. The number of rotatable bonds is 7. The number of aryl methyl sites for hydroxylation is 1. The Morgan fingerprint density at radius 1 is 1.24 bits per heavy atom. The molecule has 0 radical (unpaired) electrons. The summed E-state index contributed by atoms with van der Waals surface area (Å²) < 4.78 is 19.3. The molecule has 1 heterocycles. The molecule has 0 amide bonds. The highest BCUT2D eigenvalue weighted by atomic mass is 19.1. The van der Waals surface area contributed by atoms with Crippen LogP contribution in [0.3, 0.4) is 0 Å². The molecule has 0 fully saturated rings. The van der Waals surface area contributed by atoms with Crippen LogP contribution >= 0.6 is 0 Å². The third-order valence-electron chi connectivity index (χ3n) is 3.51. The maximum atomic E-state index is 13.4. The third-order valence-corrected chi connectivity index (χ3v) is 3.51. The second-order valence-electron chi connectivity index (χ2n) is 5.09. The van der Waals surface area contributed by atoms with Crippen LogP contribution < -0.4 is 10.2 Å². The number of halogens is 1. The van der Waals surface area contributed by atoms with Gasteiger partial charge in [0.15, 0.2) is 0 Å². The lowest BCUT2D eigenvalue weighted by atomic mass is 10.2. The molecule has 0 aliphatic heterocycles. The van der Waals surface area contributed by atoms with Crippen LogP contribution in [0.5, 0.6) is 0 Å². The summed E-state index contributed by atoms with van der Waals surface area (Å²) in [5, 5.41) is 3.27. The maximum absolute atomic E-state index is 13.4. The normalized spacial score (nSPS) is 10.9. The van der Waals surface area contributed by atoms with E-state index in [0.29, 0.717) is 6.54 Å². The van der Waals surface area contributed by atoms with Crippen LogP contribution in [-0.2, 0) is 13.1 Å². The van der Waals surface area contributed by atoms with Gasteiger partial charge in [0.2, 0.25) is 0 Å². The van der Waals surface area contributed by atoms with E-state index in [2.05, 4.69) is 37.1 Å². The molecule has 2 rings (SSSR count). The van der Waals surface area contributed by atoms with Crippen molar-refractivity contribution in [1.82, 2.24) is 5.32 Å². The van der Waals surface area contributed by atoms with E-state index in [-0.39, 0.29) is 5.82 Å². The molecule has 114 valence electrons. The van der Waals surface area contributed by atoms with Crippen LogP contribution in [0.25, 0.3) is 0 Å². The van der Waals surface area contributed by atoms with E-state index in [1.807, 2.05) is 6.07 Å². The van der Waals surface area contributed by atoms with Crippen LogP contribution in [0.1, 0.15) is 30.9 Å². The summed E-state index contributed by atoms with van der Waals surface area (Å²) in [6.07, 6.45) is 0. The number of nitrogens with one attached hydrogen (secondary N) is 1. The lowest BCUT2D eigenvalue weighted by Crippen LogP contribution is -2.21. The van der Waals surface area contributed by atoms with E-state index in [9.17, 15) is 4.39 Å². The van der Waals surface area contributed by atoms with Crippen molar-refractivity contribution in [3.63, 3.8) is 0 Å². The summed E-state index contributed by atoms with van der Waals surface area (Å²) in [6.45, 7) is 9.29. The lowest BCUT2D eigenvalue weighted by Gasteiger charge is -2.21. The Morgan fingerprint density at radius 3 is 2.71 bits per heavy atom. The highest BCUT2D eigenvalue weighted by molar-refractivity contribution is 5.46. The Labute approximate surface area is 125 Å². The molecule has 0 saturated carbocycles. The Bertz CT molecular complexity index is 580. The first-order valence-electron chi connectivity index (χ1n) is 7.43. The van der Waals surface area contributed by atoms with Gasteiger partial charge in [0.05, 0.1) is 13.1 Å². The fourth-order valence-electron chi connectivity index (χ4n) is 2.33. The van der Waals surface area contributed by atoms with Crippen molar-refractivity contribution >= 4 is 5.69 Å². The Balaban J connectivity index is 2.11. The standard InChI is InChI=1S/C17H23FN2O/c1-4-19-11-17-13(3)9-16(21-17)12-20(5-2)15-8-6-7-14(18)10-15/h6-10,19H,4-5,11-12H2,1-3H3. The van der Waals surface area contributed by atoms with Crippen molar-refractivity contribution < 1.29 is 8.81 Å². The van der Waals surface area contributed by atoms with Crippen LogP contribution in [0.15, 0.2) is 34.7 Å². The second-order valence-corrected chi connectivity index (χ2v) is 5.09. The average molecular weight is 290 g/mol. The zero-order valence-electron chi connectivity index (χ0n) is 12.9. The molecule has 0 bridgehead atoms. The van der Waals surface area contributed by atoms with Crippen molar-refractivity contribution in [2.45, 2.75) is 33.9 Å². The quantitative estimate of drug-likeness (QED) is 0.839. The molecule has 0 spiro atoms. The van der Waals surface area contributed by atoms with Gasteiger partial charge in [-0.25, -0.2) is 4.39 Å². The highest BCUT2D eigenvalue weighted by Crippen LogP contribution is 2.21. The predicted molar refractivity (Wildman–Crippen MR) is 83.9 cm³/mol. The molecule has 21 heavy (non-hydrogen) atoms. The molecule has 3 nitrogen and oxygen atoms in total. The fraction of sp³-hybridized carbons (Fsp3) is 0.412. The fourth-order valence-corrected chi connectivity index (χ4v) is 2.33. The van der Waals surface area contributed by atoms with Gasteiger partial charge in [-0.3, -0.25) is 0 Å². The topological polar surface area (TPSA) is 28.4 Å². The van der Waals surface area contributed by atoms with E-state index in [4.69, 9.17) is 4.42 Å². The van der Waals surface area contributed by atoms with E-state index >= 15 is 0 Å². The van der Waals surface area contributed by atoms with Crippen molar-refractivity contribution in [3.05, 3.63) is 53.2 Å². The minimum atomic E-state index is -0.214. The van der Waals surface area contributed by atoms with Gasteiger partial charge in [-0.1, -0.05) is 13.0 Å². The molecule has 1 aromatic heterocycles. The van der Waals surface area contributed by atoms with Crippen molar-refractivity contribution in [2.24, 2.45) is 0 Å². The third kappa shape index (κ3) is 4.08. The predicted octanol–water partition coefficient (Wildman–Crippen LogP) is 3.86. The van der Waals surface area contributed by atoms with Gasteiger partial charge in [0.1, 0.15) is 17.3 Å². The molecule has 4 heteroatoms. The molecule has 2 aromatic rings. The molecule has 1 aromatic carbocycles. The zero-order chi connectivity index (χ0) is 15.2. The largest absolute Gasteiger partial charge is 0.463 e. The number of benzene rings is 1. The monoisotopic (exact) mass is 290 g/mol. The van der Waals surface area contributed by atoms with Gasteiger partial charge < -0.3 is 14.6 Å². The van der Waals surface area contributed by atoms with E-state index in [0.717, 1.165) is 42.4 Å². The molecule has 0 unspecified atom stereocenters. The molecule has 0 aliphatic rings. The summed E-state index contributed by atoms with van der Waals surface area (Å²) in [4.78, 5) is 2.10. The SMILES string of the molecule is CCNCc1oc(CN(CC)c2cccc(F)c2)cc1C. The number of nitrogens with zero attached hydrogens (tertiary/aromatic N) is 1. The van der Waals surface area contributed by atoms with Crippen molar-refractivity contribution in [1.29, 1.82) is 0 Å². The van der Waals surface area contributed by atoms with E-state index in [1.165, 1.54) is 6.07 Å². The van der Waals surface area contributed by atoms with Crippen LogP contribution in [0, 0.1) is 12.7 Å². The highest BCUT2D eigenvalue weighted by Gasteiger charge is 2.12. The molecule has 1 N–H and O–H groups in total. The van der Waals surface area contributed by atoms with Gasteiger partial charge in [0.25, 0.3) is 0 Å². The first kappa shape index (κ1) is 15.6. The summed E-state index contributed by atoms with van der Waals surface area (Å²) in [6, 6.07) is 8.73. The summed E-state index contributed by atoms with van der Waals surface area (Å²) in [7, 11) is 0.